The Labute approximate surface area is 91.1 Å². The predicted molar refractivity (Wildman–Crippen MR) is 54.3 cm³/mol. The number of benzene rings is 1. The maximum atomic E-state index is 13.1. The second-order valence-corrected chi connectivity index (χ2v) is 3.96. The molecule has 2 rings (SSSR count). The summed E-state index contributed by atoms with van der Waals surface area (Å²) in [6.45, 7) is 0. The van der Waals surface area contributed by atoms with Crippen LogP contribution >= 0.6 is 22.6 Å². The molecule has 0 saturated heterocycles. The zero-order chi connectivity index (χ0) is 10.3. The van der Waals surface area contributed by atoms with Gasteiger partial charge in [0.25, 0.3) is 0 Å². The van der Waals surface area contributed by atoms with Gasteiger partial charge in [-0.1, -0.05) is 0 Å². The Morgan fingerprint density at radius 2 is 1.79 bits per heavy atom. The van der Waals surface area contributed by atoms with Gasteiger partial charge in [-0.25, -0.2) is 13.2 Å². The molecule has 0 radical (unpaired) electrons. The van der Waals surface area contributed by atoms with Crippen LogP contribution in [0.15, 0.2) is 18.3 Å². The first kappa shape index (κ1) is 9.70. The fourth-order valence-electron chi connectivity index (χ4n) is 1.16. The third-order valence-electron chi connectivity index (χ3n) is 1.78. The summed E-state index contributed by atoms with van der Waals surface area (Å²) < 4.78 is 39.4. The van der Waals surface area contributed by atoms with E-state index < -0.39 is 17.5 Å². The molecule has 0 aliphatic carbocycles. The zero-order valence-corrected chi connectivity index (χ0v) is 8.85. The van der Waals surface area contributed by atoms with Crippen LogP contribution in [-0.2, 0) is 0 Å². The van der Waals surface area contributed by atoms with Crippen LogP contribution < -0.4 is 0 Å². The van der Waals surface area contributed by atoms with Crippen molar-refractivity contribution in [2.45, 2.75) is 0 Å². The topological polar surface area (TPSA) is 12.9 Å². The van der Waals surface area contributed by atoms with E-state index in [9.17, 15) is 13.2 Å². The van der Waals surface area contributed by atoms with Gasteiger partial charge in [0.2, 0.25) is 0 Å². The normalized spacial score (nSPS) is 10.9. The molecule has 1 nitrogen and oxygen atoms in total. The van der Waals surface area contributed by atoms with Crippen LogP contribution in [0.3, 0.4) is 0 Å². The number of fused-ring (bicyclic) bond motifs is 1. The van der Waals surface area contributed by atoms with Gasteiger partial charge >= 0.3 is 0 Å². The molecule has 0 fully saturated rings. The van der Waals surface area contributed by atoms with Crippen molar-refractivity contribution in [1.82, 2.24) is 4.98 Å². The van der Waals surface area contributed by atoms with Crippen molar-refractivity contribution in [3.8, 4) is 0 Å². The molecule has 1 aromatic heterocycles. The molecule has 72 valence electrons. The van der Waals surface area contributed by atoms with Crippen LogP contribution in [0.5, 0.6) is 0 Å². The number of hydrogen-bond acceptors (Lipinski definition) is 1. The number of hydrogen-bond donors (Lipinski definition) is 0. The Hall–Kier alpha value is -0.850. The van der Waals surface area contributed by atoms with Crippen molar-refractivity contribution in [3.63, 3.8) is 0 Å². The molecule has 0 aliphatic rings. The zero-order valence-electron chi connectivity index (χ0n) is 6.69. The number of halogens is 4. The quantitative estimate of drug-likeness (QED) is 0.538. The largest absolute Gasteiger partial charge is 0.252 e. The van der Waals surface area contributed by atoms with Crippen LogP contribution in [0, 0.1) is 21.0 Å². The summed E-state index contributed by atoms with van der Waals surface area (Å²) in [5.41, 5.74) is -0.149. The standard InChI is InChI=1S/C9H3F3IN/c10-6-2-4-1-5(13)3-14-9(4)8(12)7(6)11/h1-3H. The Balaban J connectivity index is 2.91. The minimum Gasteiger partial charge on any atom is -0.252 e. The van der Waals surface area contributed by atoms with E-state index in [4.69, 9.17) is 0 Å². The first-order valence-electron chi connectivity index (χ1n) is 3.68. The van der Waals surface area contributed by atoms with Crippen molar-refractivity contribution in [2.75, 3.05) is 0 Å². The molecule has 0 aliphatic heterocycles. The van der Waals surface area contributed by atoms with Crippen molar-refractivity contribution in [1.29, 1.82) is 0 Å². The predicted octanol–water partition coefficient (Wildman–Crippen LogP) is 3.26. The third kappa shape index (κ3) is 1.45. The van der Waals surface area contributed by atoms with Gasteiger partial charge in [-0.3, -0.25) is 4.98 Å². The maximum Gasteiger partial charge on any atom is 0.196 e. The van der Waals surface area contributed by atoms with Crippen molar-refractivity contribution < 1.29 is 13.2 Å². The van der Waals surface area contributed by atoms with Crippen molar-refractivity contribution >= 4 is 33.5 Å². The average Bonchev–Trinajstić information content (AvgIpc) is 2.14. The molecular weight excluding hydrogens is 306 g/mol. The number of nitrogens with zero attached hydrogens (tertiary/aromatic N) is 1. The lowest BCUT2D eigenvalue weighted by atomic mass is 10.2. The smallest absolute Gasteiger partial charge is 0.196 e. The lowest BCUT2D eigenvalue weighted by molar-refractivity contribution is 0.452. The first-order valence-corrected chi connectivity index (χ1v) is 4.76. The van der Waals surface area contributed by atoms with Crippen molar-refractivity contribution in [3.05, 3.63) is 39.4 Å². The third-order valence-corrected chi connectivity index (χ3v) is 2.37. The van der Waals surface area contributed by atoms with Gasteiger partial charge in [0, 0.05) is 15.2 Å². The van der Waals surface area contributed by atoms with E-state index >= 15 is 0 Å². The van der Waals surface area contributed by atoms with E-state index in [0.29, 0.717) is 0 Å². The highest BCUT2D eigenvalue weighted by Crippen LogP contribution is 2.22. The Morgan fingerprint density at radius 1 is 1.07 bits per heavy atom. The average molecular weight is 309 g/mol. The summed E-state index contributed by atoms with van der Waals surface area (Å²) in [5.74, 6) is -3.92. The Morgan fingerprint density at radius 3 is 2.50 bits per heavy atom. The molecule has 0 spiro atoms. The van der Waals surface area contributed by atoms with E-state index in [-0.39, 0.29) is 10.9 Å². The fourth-order valence-corrected chi connectivity index (χ4v) is 1.63. The van der Waals surface area contributed by atoms with E-state index in [1.165, 1.54) is 12.3 Å². The van der Waals surface area contributed by atoms with Crippen LogP contribution in [0.1, 0.15) is 0 Å². The molecule has 1 aromatic carbocycles. The van der Waals surface area contributed by atoms with E-state index in [1.54, 1.807) is 0 Å². The maximum absolute atomic E-state index is 13.1. The minimum atomic E-state index is -1.48. The monoisotopic (exact) mass is 309 g/mol. The molecule has 2 aromatic rings. The van der Waals surface area contributed by atoms with Gasteiger partial charge in [-0.15, -0.1) is 0 Å². The Kier molecular flexibility index (Phi) is 2.34. The van der Waals surface area contributed by atoms with E-state index in [1.807, 2.05) is 22.6 Å². The van der Waals surface area contributed by atoms with Crippen molar-refractivity contribution in [2.24, 2.45) is 0 Å². The van der Waals surface area contributed by atoms with Gasteiger partial charge in [0.15, 0.2) is 17.5 Å². The molecule has 0 amide bonds. The molecule has 0 saturated carbocycles. The van der Waals surface area contributed by atoms with E-state index in [0.717, 1.165) is 9.64 Å². The van der Waals surface area contributed by atoms with Gasteiger partial charge < -0.3 is 0 Å². The highest BCUT2D eigenvalue weighted by molar-refractivity contribution is 14.1. The molecule has 5 heteroatoms. The van der Waals surface area contributed by atoms with Crippen LogP contribution in [0.4, 0.5) is 13.2 Å². The molecule has 0 bridgehead atoms. The van der Waals surface area contributed by atoms with Gasteiger partial charge in [0.05, 0.1) is 0 Å². The molecular formula is C9H3F3IN. The minimum absolute atomic E-state index is 0.149. The highest BCUT2D eigenvalue weighted by atomic mass is 127. The highest BCUT2D eigenvalue weighted by Gasteiger charge is 2.14. The first-order chi connectivity index (χ1) is 6.59. The van der Waals surface area contributed by atoms with Crippen LogP contribution in [-0.4, -0.2) is 4.98 Å². The summed E-state index contributed by atoms with van der Waals surface area (Å²) in [4.78, 5) is 3.69. The number of pyridine rings is 1. The van der Waals surface area contributed by atoms with Crippen LogP contribution in [0.25, 0.3) is 10.9 Å². The summed E-state index contributed by atoms with van der Waals surface area (Å²) in [6.07, 6.45) is 1.39. The SMILES string of the molecule is Fc1cc2cc(I)cnc2c(F)c1F. The Bertz CT molecular complexity index is 513. The fraction of sp³-hybridized carbons (Fsp3) is 0. The lowest BCUT2D eigenvalue weighted by Crippen LogP contribution is -1.94. The van der Waals surface area contributed by atoms with Crippen LogP contribution in [0.2, 0.25) is 0 Å². The summed E-state index contributed by atoms with van der Waals surface area (Å²) in [5, 5.41) is 0.258. The molecule has 0 unspecified atom stereocenters. The summed E-state index contributed by atoms with van der Waals surface area (Å²) >= 11 is 1.96. The van der Waals surface area contributed by atoms with Gasteiger partial charge in [0.1, 0.15) is 5.52 Å². The molecule has 1 heterocycles. The van der Waals surface area contributed by atoms with E-state index in [2.05, 4.69) is 4.98 Å². The molecule has 0 N–H and O–H groups in total. The summed E-state index contributed by atoms with van der Waals surface area (Å²) in [6, 6.07) is 2.47. The molecule has 14 heavy (non-hydrogen) atoms. The summed E-state index contributed by atoms with van der Waals surface area (Å²) in [7, 11) is 0. The molecule has 0 atom stereocenters. The lowest BCUT2D eigenvalue weighted by Gasteiger charge is -2.01. The second-order valence-electron chi connectivity index (χ2n) is 2.71. The second kappa shape index (κ2) is 3.38. The van der Waals surface area contributed by atoms with Gasteiger partial charge in [-0.2, -0.15) is 0 Å². The number of aromatic nitrogens is 1. The number of rotatable bonds is 0. The van der Waals surface area contributed by atoms with Gasteiger partial charge in [-0.05, 0) is 34.7 Å².